The van der Waals surface area contributed by atoms with Gasteiger partial charge in [-0.2, -0.15) is 0 Å². The Kier molecular flexibility index (Phi) is 2.91. The van der Waals surface area contributed by atoms with Gasteiger partial charge in [0.2, 0.25) is 5.82 Å². The van der Waals surface area contributed by atoms with E-state index in [9.17, 15) is 9.90 Å². The molecule has 1 amide bonds. The van der Waals surface area contributed by atoms with Gasteiger partial charge in [-0.25, -0.2) is 4.98 Å². The highest BCUT2D eigenvalue weighted by atomic mass is 16.3. The Labute approximate surface area is 100 Å². The van der Waals surface area contributed by atoms with E-state index in [2.05, 4.69) is 15.2 Å². The number of aliphatic hydroxyl groups is 1. The number of hydrogen-bond acceptors (Lipinski definition) is 4. The Morgan fingerprint density at radius 2 is 2.24 bits per heavy atom. The molecule has 0 radical (unpaired) electrons. The average Bonchev–Trinajstić information content (AvgIpc) is 2.93. The molecule has 1 aliphatic rings. The van der Waals surface area contributed by atoms with Crippen molar-refractivity contribution in [3.05, 3.63) is 11.6 Å². The summed E-state index contributed by atoms with van der Waals surface area (Å²) in [6.07, 6.45) is 2.23. The second-order valence-corrected chi connectivity index (χ2v) is 5.29. The summed E-state index contributed by atoms with van der Waals surface area (Å²) in [5.41, 5.74) is -0.917. The zero-order valence-electron chi connectivity index (χ0n) is 10.4. The SMILES string of the molecule is CN(CC(C)(C)O)C(=O)c1n[nH]c(C2CC2)n1. The van der Waals surface area contributed by atoms with Gasteiger partial charge in [-0.15, -0.1) is 5.10 Å². The summed E-state index contributed by atoms with van der Waals surface area (Å²) in [5.74, 6) is 1.16. The molecule has 0 bridgehead atoms. The van der Waals surface area contributed by atoms with Crippen molar-refractivity contribution in [2.75, 3.05) is 13.6 Å². The summed E-state index contributed by atoms with van der Waals surface area (Å²) in [6.45, 7) is 3.56. The van der Waals surface area contributed by atoms with E-state index in [1.807, 2.05) is 0 Å². The highest BCUT2D eigenvalue weighted by molar-refractivity contribution is 5.90. The second-order valence-electron chi connectivity index (χ2n) is 5.29. The van der Waals surface area contributed by atoms with Crippen LogP contribution in [-0.4, -0.2) is 50.3 Å². The van der Waals surface area contributed by atoms with Crippen molar-refractivity contribution in [1.82, 2.24) is 20.1 Å². The maximum absolute atomic E-state index is 11.9. The Bertz CT molecular complexity index is 417. The number of H-pyrrole nitrogens is 1. The molecule has 0 atom stereocenters. The number of aromatic amines is 1. The predicted octanol–water partition coefficient (Wildman–Crippen LogP) is 0.525. The van der Waals surface area contributed by atoms with Crippen LogP contribution < -0.4 is 0 Å². The van der Waals surface area contributed by atoms with E-state index in [4.69, 9.17) is 0 Å². The number of aromatic nitrogens is 3. The molecule has 94 valence electrons. The van der Waals surface area contributed by atoms with Crippen LogP contribution in [0, 0.1) is 0 Å². The fourth-order valence-electron chi connectivity index (χ4n) is 1.73. The lowest BCUT2D eigenvalue weighted by molar-refractivity contribution is 0.0362. The molecule has 6 heteroatoms. The van der Waals surface area contributed by atoms with E-state index < -0.39 is 5.60 Å². The van der Waals surface area contributed by atoms with Gasteiger partial charge in [0, 0.05) is 19.5 Å². The molecular formula is C11H18N4O2. The van der Waals surface area contributed by atoms with E-state index in [-0.39, 0.29) is 18.3 Å². The fourth-order valence-corrected chi connectivity index (χ4v) is 1.73. The molecule has 1 aromatic heterocycles. The minimum atomic E-state index is -0.917. The van der Waals surface area contributed by atoms with Crippen LogP contribution in [-0.2, 0) is 0 Å². The van der Waals surface area contributed by atoms with E-state index in [0.717, 1.165) is 18.7 Å². The van der Waals surface area contributed by atoms with Gasteiger partial charge < -0.3 is 10.0 Å². The van der Waals surface area contributed by atoms with Crippen molar-refractivity contribution in [2.24, 2.45) is 0 Å². The molecule has 0 spiro atoms. The first-order valence-corrected chi connectivity index (χ1v) is 5.77. The third-order valence-corrected chi connectivity index (χ3v) is 2.63. The normalized spacial score (nSPS) is 16.0. The van der Waals surface area contributed by atoms with Crippen LogP contribution in [0.4, 0.5) is 0 Å². The summed E-state index contributed by atoms with van der Waals surface area (Å²) in [5, 5.41) is 16.4. The molecule has 1 aromatic rings. The molecule has 0 aromatic carbocycles. The minimum Gasteiger partial charge on any atom is -0.389 e. The monoisotopic (exact) mass is 238 g/mol. The van der Waals surface area contributed by atoms with Crippen molar-refractivity contribution < 1.29 is 9.90 Å². The lowest BCUT2D eigenvalue weighted by Crippen LogP contribution is -2.40. The molecule has 1 heterocycles. The number of amides is 1. The molecule has 0 aliphatic heterocycles. The van der Waals surface area contributed by atoms with Gasteiger partial charge in [0.15, 0.2) is 0 Å². The number of rotatable bonds is 4. The van der Waals surface area contributed by atoms with Gasteiger partial charge >= 0.3 is 0 Å². The van der Waals surface area contributed by atoms with E-state index in [1.165, 1.54) is 4.90 Å². The van der Waals surface area contributed by atoms with Crippen LogP contribution in [0.5, 0.6) is 0 Å². The first kappa shape index (κ1) is 12.0. The van der Waals surface area contributed by atoms with E-state index in [1.54, 1.807) is 20.9 Å². The van der Waals surface area contributed by atoms with Crippen LogP contribution in [0.15, 0.2) is 0 Å². The van der Waals surface area contributed by atoms with Crippen molar-refractivity contribution in [3.8, 4) is 0 Å². The van der Waals surface area contributed by atoms with Crippen LogP contribution in [0.1, 0.15) is 49.1 Å². The van der Waals surface area contributed by atoms with Gasteiger partial charge in [0.1, 0.15) is 5.82 Å². The highest BCUT2D eigenvalue weighted by Gasteiger charge is 2.29. The van der Waals surface area contributed by atoms with E-state index in [0.29, 0.717) is 5.92 Å². The summed E-state index contributed by atoms with van der Waals surface area (Å²) in [6, 6.07) is 0. The molecule has 0 saturated heterocycles. The molecular weight excluding hydrogens is 220 g/mol. The Morgan fingerprint density at radius 1 is 1.59 bits per heavy atom. The first-order valence-electron chi connectivity index (χ1n) is 5.77. The number of carbonyl (C=O) groups excluding carboxylic acids is 1. The topological polar surface area (TPSA) is 82.1 Å². The summed E-state index contributed by atoms with van der Waals surface area (Å²) in [7, 11) is 1.63. The number of nitrogens with zero attached hydrogens (tertiary/aromatic N) is 3. The van der Waals surface area contributed by atoms with E-state index >= 15 is 0 Å². The third kappa shape index (κ3) is 3.03. The first-order chi connectivity index (χ1) is 7.87. The lowest BCUT2D eigenvalue weighted by atomic mass is 10.1. The minimum absolute atomic E-state index is 0.179. The highest BCUT2D eigenvalue weighted by Crippen LogP contribution is 2.37. The molecule has 6 nitrogen and oxygen atoms in total. The largest absolute Gasteiger partial charge is 0.389 e. The summed E-state index contributed by atoms with van der Waals surface area (Å²) in [4.78, 5) is 17.6. The zero-order valence-corrected chi connectivity index (χ0v) is 10.4. The molecule has 2 N–H and O–H groups in total. The van der Waals surface area contributed by atoms with Crippen molar-refractivity contribution in [2.45, 2.75) is 38.2 Å². The Hall–Kier alpha value is -1.43. The van der Waals surface area contributed by atoms with Gasteiger partial charge in [-0.3, -0.25) is 9.89 Å². The summed E-state index contributed by atoms with van der Waals surface area (Å²) < 4.78 is 0. The van der Waals surface area contributed by atoms with Crippen molar-refractivity contribution in [1.29, 1.82) is 0 Å². The van der Waals surface area contributed by atoms with Crippen LogP contribution in [0.3, 0.4) is 0 Å². The van der Waals surface area contributed by atoms with Gasteiger partial charge in [0.05, 0.1) is 5.60 Å². The lowest BCUT2D eigenvalue weighted by Gasteiger charge is -2.24. The maximum Gasteiger partial charge on any atom is 0.293 e. The number of nitrogens with one attached hydrogen (secondary N) is 1. The maximum atomic E-state index is 11.9. The zero-order chi connectivity index (χ0) is 12.6. The second kappa shape index (κ2) is 4.10. The third-order valence-electron chi connectivity index (χ3n) is 2.63. The van der Waals surface area contributed by atoms with Gasteiger partial charge in [-0.05, 0) is 26.7 Å². The number of hydrogen-bond donors (Lipinski definition) is 2. The quantitative estimate of drug-likeness (QED) is 0.801. The number of likely N-dealkylation sites (N-methyl/N-ethyl adjacent to an activating group) is 1. The van der Waals surface area contributed by atoms with Crippen molar-refractivity contribution in [3.63, 3.8) is 0 Å². The average molecular weight is 238 g/mol. The van der Waals surface area contributed by atoms with Gasteiger partial charge in [0.25, 0.3) is 5.91 Å². The summed E-state index contributed by atoms with van der Waals surface area (Å²) >= 11 is 0. The molecule has 2 rings (SSSR count). The molecule has 1 saturated carbocycles. The Balaban J connectivity index is 2.02. The fraction of sp³-hybridized carbons (Fsp3) is 0.727. The predicted molar refractivity (Wildman–Crippen MR) is 61.6 cm³/mol. The smallest absolute Gasteiger partial charge is 0.293 e. The molecule has 17 heavy (non-hydrogen) atoms. The van der Waals surface area contributed by atoms with Crippen LogP contribution >= 0.6 is 0 Å². The van der Waals surface area contributed by atoms with Crippen molar-refractivity contribution >= 4 is 5.91 Å². The molecule has 1 fully saturated rings. The molecule has 0 unspecified atom stereocenters. The Morgan fingerprint density at radius 3 is 2.76 bits per heavy atom. The molecule has 1 aliphatic carbocycles. The van der Waals surface area contributed by atoms with Crippen LogP contribution in [0.2, 0.25) is 0 Å². The van der Waals surface area contributed by atoms with Gasteiger partial charge in [-0.1, -0.05) is 0 Å². The van der Waals surface area contributed by atoms with Crippen LogP contribution in [0.25, 0.3) is 0 Å². The standard InChI is InChI=1S/C11H18N4O2/c1-11(2,17)6-15(3)10(16)9-12-8(13-14-9)7-4-5-7/h7,17H,4-6H2,1-3H3,(H,12,13,14). The number of carbonyl (C=O) groups is 1.